The number of nitrogens with zero attached hydrogens (tertiary/aromatic N) is 5. The molecule has 0 N–H and O–H groups in total. The number of sulfonamides is 1. The van der Waals surface area contributed by atoms with Crippen molar-refractivity contribution >= 4 is 27.1 Å². The molecule has 2 aromatic heterocycles. The van der Waals surface area contributed by atoms with Gasteiger partial charge in [0.1, 0.15) is 0 Å². The van der Waals surface area contributed by atoms with Crippen LogP contribution in [-0.2, 0) is 16.2 Å². The molecule has 0 saturated carbocycles. The quantitative estimate of drug-likeness (QED) is 0.453. The maximum atomic E-state index is 13.9. The third-order valence-corrected chi connectivity index (χ3v) is 9.61. The van der Waals surface area contributed by atoms with Crippen LogP contribution in [0.3, 0.4) is 0 Å². The number of fused-ring (bicyclic) bond motifs is 1. The number of amides is 1. The second-order valence-electron chi connectivity index (χ2n) is 10.4. The van der Waals surface area contributed by atoms with Gasteiger partial charge in [0, 0.05) is 52.2 Å². The van der Waals surface area contributed by atoms with Gasteiger partial charge in [-0.05, 0) is 80.0 Å². The van der Waals surface area contributed by atoms with Crippen LogP contribution in [-0.4, -0.2) is 73.4 Å². The monoisotopic (exact) mass is 563 g/mol. The summed E-state index contributed by atoms with van der Waals surface area (Å²) in [5.41, 5.74) is 0.223. The highest BCUT2D eigenvalue weighted by molar-refractivity contribution is 7.89. The maximum Gasteiger partial charge on any atom is 0.436 e. The normalized spacial score (nSPS) is 18.0. The summed E-state index contributed by atoms with van der Waals surface area (Å²) >= 11 is 0. The molecule has 0 spiro atoms. The molecule has 8 nitrogen and oxygen atoms in total. The Morgan fingerprint density at radius 2 is 1.62 bits per heavy atom. The molecule has 12 heteroatoms. The number of likely N-dealkylation sites (tertiary alicyclic amines) is 1. The number of hydrogen-bond donors (Lipinski definition) is 0. The van der Waals surface area contributed by atoms with Crippen molar-refractivity contribution in [3.8, 4) is 0 Å². The van der Waals surface area contributed by atoms with E-state index in [-0.39, 0.29) is 16.3 Å². The summed E-state index contributed by atoms with van der Waals surface area (Å²) < 4.78 is 70.7. The van der Waals surface area contributed by atoms with Gasteiger partial charge in [-0.1, -0.05) is 0 Å². The first-order chi connectivity index (χ1) is 18.5. The number of benzene rings is 1. The highest BCUT2D eigenvalue weighted by Gasteiger charge is 2.41. The molecular weight excluding hydrogens is 531 g/mol. The molecule has 2 aliphatic rings. The molecule has 210 valence electrons. The molecule has 0 unspecified atom stereocenters. The smallest absolute Gasteiger partial charge is 0.378 e. The van der Waals surface area contributed by atoms with Crippen molar-refractivity contribution in [2.45, 2.75) is 49.1 Å². The lowest BCUT2D eigenvalue weighted by Crippen LogP contribution is -2.38. The second kappa shape index (κ2) is 10.5. The predicted molar refractivity (Wildman–Crippen MR) is 141 cm³/mol. The Hall–Kier alpha value is -3.12. The molecule has 0 aliphatic carbocycles. The maximum absolute atomic E-state index is 13.9. The average Bonchev–Trinajstić information content (AvgIpc) is 3.33. The number of anilines is 1. The number of carbonyl (C=O) groups is 1. The average molecular weight is 564 g/mol. The van der Waals surface area contributed by atoms with Crippen molar-refractivity contribution in [3.63, 3.8) is 0 Å². The van der Waals surface area contributed by atoms with Crippen LogP contribution < -0.4 is 4.90 Å². The first-order valence-corrected chi connectivity index (χ1v) is 14.6. The van der Waals surface area contributed by atoms with Crippen molar-refractivity contribution in [2.24, 2.45) is 0 Å². The summed E-state index contributed by atoms with van der Waals surface area (Å²) in [6, 6.07) is 10.1. The fourth-order valence-electron chi connectivity index (χ4n) is 5.48. The first kappa shape index (κ1) is 27.4. The van der Waals surface area contributed by atoms with E-state index in [9.17, 15) is 26.4 Å². The van der Waals surface area contributed by atoms with Gasteiger partial charge < -0.3 is 9.80 Å². The van der Waals surface area contributed by atoms with Gasteiger partial charge in [0.15, 0.2) is 5.69 Å². The molecule has 1 aromatic carbocycles. The Kier molecular flexibility index (Phi) is 7.36. The largest absolute Gasteiger partial charge is 0.436 e. The Morgan fingerprint density at radius 1 is 0.974 bits per heavy atom. The molecule has 0 atom stereocenters. The van der Waals surface area contributed by atoms with E-state index >= 15 is 0 Å². The summed E-state index contributed by atoms with van der Waals surface area (Å²) in [5, 5.41) is 3.73. The summed E-state index contributed by atoms with van der Waals surface area (Å²) in [5.74, 6) is -0.699. The minimum absolute atomic E-state index is 0.0558. The van der Waals surface area contributed by atoms with E-state index in [2.05, 4.69) is 5.10 Å². The van der Waals surface area contributed by atoms with Crippen LogP contribution in [0.5, 0.6) is 0 Å². The summed E-state index contributed by atoms with van der Waals surface area (Å²) in [6.07, 6.45) is 0.198. The number of rotatable bonds is 5. The fraction of sp³-hybridized carbons (Fsp3) is 0.481. The molecule has 3 aromatic rings. The molecule has 5 rings (SSSR count). The lowest BCUT2D eigenvalue weighted by atomic mass is 9.90. The Bertz CT molecular complexity index is 1450. The minimum Gasteiger partial charge on any atom is -0.378 e. The zero-order valence-corrected chi connectivity index (χ0v) is 22.8. The van der Waals surface area contributed by atoms with Gasteiger partial charge in [-0.25, -0.2) is 12.9 Å². The highest BCUT2D eigenvalue weighted by Crippen LogP contribution is 2.36. The van der Waals surface area contributed by atoms with Gasteiger partial charge in [0.25, 0.3) is 5.91 Å². The molecule has 4 heterocycles. The Balaban J connectivity index is 1.39. The van der Waals surface area contributed by atoms with Crippen molar-refractivity contribution in [1.29, 1.82) is 0 Å². The topological polar surface area (TPSA) is 78.2 Å². The van der Waals surface area contributed by atoms with Gasteiger partial charge in [-0.3, -0.25) is 4.79 Å². The van der Waals surface area contributed by atoms with E-state index in [4.69, 9.17) is 0 Å². The SMILES string of the molecule is CN(C)c1ccc(S(=O)(=O)N2CCC(c3ccn4nc(C(F)(F)F)c(C(=O)N5CCCCC5)c4c3)CC2)cc1. The van der Waals surface area contributed by atoms with Crippen LogP contribution in [0, 0.1) is 0 Å². The lowest BCUT2D eigenvalue weighted by molar-refractivity contribution is -0.141. The van der Waals surface area contributed by atoms with Crippen molar-refractivity contribution in [2.75, 3.05) is 45.2 Å². The number of aromatic nitrogens is 2. The predicted octanol–water partition coefficient (Wildman–Crippen LogP) is 4.61. The molecule has 2 saturated heterocycles. The van der Waals surface area contributed by atoms with Crippen molar-refractivity contribution in [3.05, 3.63) is 59.4 Å². The van der Waals surface area contributed by atoms with Gasteiger partial charge in [0.05, 0.1) is 16.0 Å². The van der Waals surface area contributed by atoms with Gasteiger partial charge >= 0.3 is 6.18 Å². The standard InChI is InChI=1S/C27H32F3N5O3S/c1-32(2)21-6-8-22(9-7-21)39(37,38)34-15-10-19(11-16-34)20-12-17-35-23(18-20)24(25(31-35)27(28,29)30)26(36)33-13-4-3-5-14-33/h6-9,12,17-19H,3-5,10-11,13-16H2,1-2H3. The number of piperidine rings is 2. The van der Waals surface area contributed by atoms with Crippen LogP contribution in [0.1, 0.15) is 59.6 Å². The second-order valence-corrected chi connectivity index (χ2v) is 12.4. The number of hydrogen-bond acceptors (Lipinski definition) is 5. The van der Waals surface area contributed by atoms with Crippen LogP contribution in [0.4, 0.5) is 18.9 Å². The minimum atomic E-state index is -4.77. The highest BCUT2D eigenvalue weighted by atomic mass is 32.2. The molecule has 1 amide bonds. The molecule has 0 radical (unpaired) electrons. The van der Waals surface area contributed by atoms with Gasteiger partial charge in [-0.2, -0.15) is 22.6 Å². The fourth-order valence-corrected chi connectivity index (χ4v) is 6.94. The number of alkyl halides is 3. The van der Waals surface area contributed by atoms with E-state index in [0.29, 0.717) is 39.0 Å². The Morgan fingerprint density at radius 3 is 2.21 bits per heavy atom. The van der Waals surface area contributed by atoms with E-state index in [1.807, 2.05) is 19.0 Å². The number of halogens is 3. The molecular formula is C27H32F3N5O3S. The van der Waals surface area contributed by atoms with E-state index in [0.717, 1.165) is 35.0 Å². The van der Waals surface area contributed by atoms with E-state index < -0.39 is 33.4 Å². The van der Waals surface area contributed by atoms with Crippen LogP contribution >= 0.6 is 0 Å². The molecule has 2 fully saturated rings. The molecule has 39 heavy (non-hydrogen) atoms. The zero-order valence-electron chi connectivity index (χ0n) is 22.0. The van der Waals surface area contributed by atoms with Crippen molar-refractivity contribution < 1.29 is 26.4 Å². The third-order valence-electron chi connectivity index (χ3n) is 7.70. The van der Waals surface area contributed by atoms with Crippen LogP contribution in [0.25, 0.3) is 5.52 Å². The zero-order chi connectivity index (χ0) is 27.9. The van der Waals surface area contributed by atoms with E-state index in [1.54, 1.807) is 36.4 Å². The van der Waals surface area contributed by atoms with Crippen LogP contribution in [0.15, 0.2) is 47.5 Å². The lowest BCUT2D eigenvalue weighted by Gasteiger charge is -2.31. The number of pyridine rings is 1. The van der Waals surface area contributed by atoms with Gasteiger partial charge in [0.2, 0.25) is 10.0 Å². The number of carbonyl (C=O) groups excluding carboxylic acids is 1. The van der Waals surface area contributed by atoms with E-state index in [1.165, 1.54) is 15.4 Å². The Labute approximate surface area is 226 Å². The summed E-state index contributed by atoms with van der Waals surface area (Å²) in [4.78, 5) is 16.9. The molecule has 2 aliphatic heterocycles. The first-order valence-electron chi connectivity index (χ1n) is 13.1. The summed E-state index contributed by atoms with van der Waals surface area (Å²) in [6.45, 7) is 1.44. The third kappa shape index (κ3) is 5.36. The summed E-state index contributed by atoms with van der Waals surface area (Å²) in [7, 11) is 0.0994. The molecule has 0 bridgehead atoms. The van der Waals surface area contributed by atoms with Crippen molar-refractivity contribution in [1.82, 2.24) is 18.8 Å². The van der Waals surface area contributed by atoms with Gasteiger partial charge in [-0.15, -0.1) is 0 Å². The van der Waals surface area contributed by atoms with Crippen LogP contribution in [0.2, 0.25) is 0 Å².